The summed E-state index contributed by atoms with van der Waals surface area (Å²) in [5.41, 5.74) is 4.35. The lowest BCUT2D eigenvalue weighted by Crippen LogP contribution is -2.22. The molecule has 144 valence electrons. The van der Waals surface area contributed by atoms with E-state index in [9.17, 15) is 4.79 Å². The van der Waals surface area contributed by atoms with Gasteiger partial charge in [-0.15, -0.1) is 5.10 Å². The van der Waals surface area contributed by atoms with Crippen LogP contribution in [0.2, 0.25) is 0 Å². The Hall–Kier alpha value is -3.21. The van der Waals surface area contributed by atoms with Gasteiger partial charge in [0, 0.05) is 11.6 Å². The van der Waals surface area contributed by atoms with E-state index in [0.717, 1.165) is 27.9 Å². The zero-order valence-electron chi connectivity index (χ0n) is 16.7. The van der Waals surface area contributed by atoms with Gasteiger partial charge in [0.2, 0.25) is 0 Å². The molecule has 3 rings (SSSR count). The zero-order valence-corrected chi connectivity index (χ0v) is 16.7. The first kappa shape index (κ1) is 19.5. The molecule has 0 aliphatic rings. The van der Waals surface area contributed by atoms with Gasteiger partial charge in [0.05, 0.1) is 12.7 Å². The fourth-order valence-corrected chi connectivity index (χ4v) is 2.93. The molecule has 3 aromatic rings. The number of hydrogen-bond acceptors (Lipinski definition) is 4. The van der Waals surface area contributed by atoms with Gasteiger partial charge in [0.25, 0.3) is 0 Å². The van der Waals surface area contributed by atoms with E-state index in [-0.39, 0.29) is 5.97 Å². The summed E-state index contributed by atoms with van der Waals surface area (Å²) in [5, 5.41) is 8.62. The van der Waals surface area contributed by atoms with Crippen molar-refractivity contribution in [3.05, 3.63) is 77.5 Å². The van der Waals surface area contributed by atoms with Gasteiger partial charge in [-0.2, -0.15) is 0 Å². The maximum atomic E-state index is 12.0. The van der Waals surface area contributed by atoms with Crippen molar-refractivity contribution in [1.29, 1.82) is 0 Å². The average molecular weight is 375 g/mol. The molecule has 0 spiro atoms. The monoisotopic (exact) mass is 375 g/mol. The largest absolute Gasteiger partial charge is 0.457 e. The van der Waals surface area contributed by atoms with Gasteiger partial charge in [-0.05, 0) is 50.5 Å². The maximum Gasteiger partial charge on any atom is 0.331 e. The molecule has 5 nitrogen and oxygen atoms in total. The van der Waals surface area contributed by atoms with Crippen molar-refractivity contribution in [2.45, 2.75) is 39.8 Å². The average Bonchev–Trinajstić information content (AvgIpc) is 3.07. The standard InChI is InChI=1S/C23H25N3O2/c1-17-9-8-12-19(13-14-21(27)28-23(2,3)4)22(17)20-16-26(25-24-20)15-18-10-6-5-7-11-18/h5-14,16H,15H2,1-4H3/b14-13+. The Morgan fingerprint density at radius 2 is 1.86 bits per heavy atom. The molecule has 0 aliphatic heterocycles. The van der Waals surface area contributed by atoms with E-state index in [1.165, 1.54) is 6.08 Å². The van der Waals surface area contributed by atoms with Crippen LogP contribution < -0.4 is 0 Å². The van der Waals surface area contributed by atoms with E-state index in [2.05, 4.69) is 22.4 Å². The predicted octanol–water partition coefficient (Wildman–Crippen LogP) is 4.66. The van der Waals surface area contributed by atoms with Gasteiger partial charge < -0.3 is 4.74 Å². The molecular formula is C23H25N3O2. The molecule has 0 unspecified atom stereocenters. The van der Waals surface area contributed by atoms with E-state index in [0.29, 0.717) is 6.54 Å². The minimum absolute atomic E-state index is 0.368. The molecule has 0 N–H and O–H groups in total. The molecule has 0 bridgehead atoms. The smallest absolute Gasteiger partial charge is 0.331 e. The number of carbonyl (C=O) groups excluding carboxylic acids is 1. The number of esters is 1. The minimum Gasteiger partial charge on any atom is -0.457 e. The second kappa shape index (κ2) is 8.21. The van der Waals surface area contributed by atoms with E-state index < -0.39 is 5.60 Å². The summed E-state index contributed by atoms with van der Waals surface area (Å²) in [5.74, 6) is -0.368. The van der Waals surface area contributed by atoms with E-state index >= 15 is 0 Å². The highest BCUT2D eigenvalue weighted by atomic mass is 16.6. The molecule has 0 amide bonds. The van der Waals surface area contributed by atoms with Crippen LogP contribution in [0.5, 0.6) is 0 Å². The number of carbonyl (C=O) groups is 1. The molecule has 0 aliphatic carbocycles. The van der Waals surface area contributed by atoms with Gasteiger partial charge in [0.15, 0.2) is 0 Å². The first-order valence-corrected chi connectivity index (χ1v) is 9.27. The van der Waals surface area contributed by atoms with Gasteiger partial charge in [-0.25, -0.2) is 9.48 Å². The number of rotatable bonds is 5. The highest BCUT2D eigenvalue weighted by Gasteiger charge is 2.15. The van der Waals surface area contributed by atoms with Crippen LogP contribution in [-0.4, -0.2) is 26.6 Å². The fraction of sp³-hybridized carbons (Fsp3) is 0.261. The van der Waals surface area contributed by atoms with Crippen molar-refractivity contribution in [1.82, 2.24) is 15.0 Å². The topological polar surface area (TPSA) is 57.0 Å². The summed E-state index contributed by atoms with van der Waals surface area (Å²) in [6.45, 7) is 8.23. The minimum atomic E-state index is -0.517. The normalized spacial score (nSPS) is 11.7. The number of hydrogen-bond donors (Lipinski definition) is 0. The van der Waals surface area contributed by atoms with Crippen LogP contribution in [0.15, 0.2) is 60.8 Å². The van der Waals surface area contributed by atoms with Crippen LogP contribution in [0, 0.1) is 6.92 Å². The van der Waals surface area contributed by atoms with Crippen molar-refractivity contribution >= 4 is 12.0 Å². The quantitative estimate of drug-likeness (QED) is 0.481. The van der Waals surface area contributed by atoms with Crippen molar-refractivity contribution in [3.8, 4) is 11.3 Å². The lowest BCUT2D eigenvalue weighted by atomic mass is 9.99. The SMILES string of the molecule is Cc1cccc(/C=C/C(=O)OC(C)(C)C)c1-c1cn(Cc2ccccc2)nn1. The van der Waals surface area contributed by atoms with Gasteiger partial charge >= 0.3 is 5.97 Å². The molecule has 0 saturated heterocycles. The molecular weight excluding hydrogens is 350 g/mol. The number of nitrogens with zero attached hydrogens (tertiary/aromatic N) is 3. The molecule has 1 aromatic heterocycles. The highest BCUT2D eigenvalue weighted by molar-refractivity contribution is 5.89. The van der Waals surface area contributed by atoms with Crippen molar-refractivity contribution in [2.24, 2.45) is 0 Å². The van der Waals surface area contributed by atoms with Crippen LogP contribution in [-0.2, 0) is 16.1 Å². The Labute approximate surface area is 165 Å². The second-order valence-electron chi connectivity index (χ2n) is 7.69. The molecule has 0 radical (unpaired) electrons. The molecule has 28 heavy (non-hydrogen) atoms. The van der Waals surface area contributed by atoms with Crippen LogP contribution >= 0.6 is 0 Å². The summed E-state index contributed by atoms with van der Waals surface area (Å²) in [4.78, 5) is 12.0. The summed E-state index contributed by atoms with van der Waals surface area (Å²) < 4.78 is 7.17. The van der Waals surface area contributed by atoms with Crippen molar-refractivity contribution in [3.63, 3.8) is 0 Å². The fourth-order valence-electron chi connectivity index (χ4n) is 2.93. The third-order valence-electron chi connectivity index (χ3n) is 4.09. The number of aryl methyl sites for hydroxylation is 1. The molecule has 0 atom stereocenters. The third-order valence-corrected chi connectivity index (χ3v) is 4.09. The van der Waals surface area contributed by atoms with E-state index in [1.807, 2.05) is 75.0 Å². The first-order valence-electron chi connectivity index (χ1n) is 9.27. The Balaban J connectivity index is 1.85. The predicted molar refractivity (Wildman–Crippen MR) is 111 cm³/mol. The third kappa shape index (κ3) is 5.16. The second-order valence-corrected chi connectivity index (χ2v) is 7.69. The van der Waals surface area contributed by atoms with Gasteiger partial charge in [-0.1, -0.05) is 53.7 Å². The summed E-state index contributed by atoms with van der Waals surface area (Å²) in [6.07, 6.45) is 5.16. The Bertz CT molecular complexity index is 983. The number of ether oxygens (including phenoxy) is 1. The molecule has 2 aromatic carbocycles. The number of aromatic nitrogens is 3. The van der Waals surface area contributed by atoms with Crippen LogP contribution in [0.1, 0.15) is 37.5 Å². The molecule has 0 saturated carbocycles. The van der Waals surface area contributed by atoms with Crippen LogP contribution in [0.4, 0.5) is 0 Å². The zero-order chi connectivity index (χ0) is 20.1. The van der Waals surface area contributed by atoms with Gasteiger partial charge in [0.1, 0.15) is 11.3 Å². The lowest BCUT2D eigenvalue weighted by molar-refractivity contribution is -0.148. The van der Waals surface area contributed by atoms with Crippen LogP contribution in [0.3, 0.4) is 0 Å². The Kier molecular flexibility index (Phi) is 5.73. The summed E-state index contributed by atoms with van der Waals surface area (Å²) >= 11 is 0. The maximum absolute atomic E-state index is 12.0. The first-order chi connectivity index (χ1) is 13.3. The Morgan fingerprint density at radius 1 is 1.11 bits per heavy atom. The Morgan fingerprint density at radius 3 is 2.57 bits per heavy atom. The molecule has 1 heterocycles. The van der Waals surface area contributed by atoms with Crippen molar-refractivity contribution < 1.29 is 9.53 Å². The summed E-state index contributed by atoms with van der Waals surface area (Å²) in [7, 11) is 0. The van der Waals surface area contributed by atoms with Crippen LogP contribution in [0.25, 0.3) is 17.3 Å². The molecule has 5 heteroatoms. The molecule has 0 fully saturated rings. The lowest BCUT2D eigenvalue weighted by Gasteiger charge is -2.18. The van der Waals surface area contributed by atoms with E-state index in [4.69, 9.17) is 4.74 Å². The number of benzene rings is 2. The van der Waals surface area contributed by atoms with E-state index in [1.54, 1.807) is 6.08 Å². The summed E-state index contributed by atoms with van der Waals surface area (Å²) in [6, 6.07) is 16.1. The van der Waals surface area contributed by atoms with Crippen molar-refractivity contribution in [2.75, 3.05) is 0 Å². The highest BCUT2D eigenvalue weighted by Crippen LogP contribution is 2.27. The van der Waals surface area contributed by atoms with Gasteiger partial charge in [-0.3, -0.25) is 0 Å².